The first kappa shape index (κ1) is 21.8. The quantitative estimate of drug-likeness (QED) is 0.274. The third-order valence-electron chi connectivity index (χ3n) is 5.88. The zero-order valence-corrected chi connectivity index (χ0v) is 18.5. The second-order valence-electron chi connectivity index (χ2n) is 8.21. The van der Waals surface area contributed by atoms with Crippen molar-refractivity contribution < 1.29 is 9.18 Å². The molecule has 0 saturated heterocycles. The van der Waals surface area contributed by atoms with Crippen molar-refractivity contribution in [1.82, 2.24) is 9.47 Å². The molecule has 3 nitrogen and oxygen atoms in total. The molecule has 3 aromatic carbocycles. The topological polar surface area (TPSA) is 25.2 Å². The van der Waals surface area contributed by atoms with Crippen LogP contribution >= 0.6 is 0 Å². The molecule has 1 amide bonds. The minimum atomic E-state index is -0.232. The van der Waals surface area contributed by atoms with Crippen molar-refractivity contribution in [1.29, 1.82) is 0 Å². The van der Waals surface area contributed by atoms with E-state index in [-0.39, 0.29) is 11.7 Å². The smallest absolute Gasteiger partial charge is 0.254 e. The fourth-order valence-electron chi connectivity index (χ4n) is 4.12. The number of benzene rings is 3. The lowest BCUT2D eigenvalue weighted by atomic mass is 10.0. The Morgan fingerprint density at radius 1 is 0.906 bits per heavy atom. The van der Waals surface area contributed by atoms with Gasteiger partial charge in [-0.05, 0) is 53.1 Å². The number of aromatic nitrogens is 1. The zero-order valence-electron chi connectivity index (χ0n) is 18.5. The lowest BCUT2D eigenvalue weighted by Crippen LogP contribution is -2.32. The van der Waals surface area contributed by atoms with Gasteiger partial charge in [-0.2, -0.15) is 0 Å². The van der Waals surface area contributed by atoms with Gasteiger partial charge in [-0.1, -0.05) is 68.3 Å². The van der Waals surface area contributed by atoms with Crippen molar-refractivity contribution in [3.63, 3.8) is 0 Å². The van der Waals surface area contributed by atoms with Gasteiger partial charge in [-0.3, -0.25) is 4.79 Å². The fraction of sp³-hybridized carbons (Fsp3) is 0.250. The van der Waals surface area contributed by atoms with Crippen molar-refractivity contribution >= 4 is 16.7 Å². The molecule has 4 heteroatoms. The number of fused-ring (bicyclic) bond motifs is 1. The van der Waals surface area contributed by atoms with Crippen LogP contribution in [0.4, 0.5) is 4.39 Å². The predicted molar refractivity (Wildman–Crippen MR) is 128 cm³/mol. The number of hydrogen-bond acceptors (Lipinski definition) is 1. The molecule has 4 rings (SSSR count). The van der Waals surface area contributed by atoms with Gasteiger partial charge in [0.15, 0.2) is 0 Å². The average Bonchev–Trinajstić information content (AvgIpc) is 3.25. The zero-order chi connectivity index (χ0) is 22.3. The highest BCUT2D eigenvalue weighted by Crippen LogP contribution is 2.22. The fourth-order valence-corrected chi connectivity index (χ4v) is 4.12. The summed E-state index contributed by atoms with van der Waals surface area (Å²) in [5.41, 5.74) is 2.84. The Bertz CT molecular complexity index is 1170. The van der Waals surface area contributed by atoms with Gasteiger partial charge in [0.1, 0.15) is 5.82 Å². The third kappa shape index (κ3) is 5.08. The lowest BCUT2D eigenvalue weighted by molar-refractivity contribution is 0.0738. The van der Waals surface area contributed by atoms with Crippen molar-refractivity contribution in [2.24, 2.45) is 0 Å². The Labute approximate surface area is 189 Å². The van der Waals surface area contributed by atoms with Crippen LogP contribution in [-0.4, -0.2) is 21.9 Å². The first-order valence-electron chi connectivity index (χ1n) is 11.3. The van der Waals surface area contributed by atoms with Gasteiger partial charge < -0.3 is 9.47 Å². The van der Waals surface area contributed by atoms with Crippen LogP contribution in [0, 0.1) is 5.82 Å². The second-order valence-corrected chi connectivity index (χ2v) is 8.21. The van der Waals surface area contributed by atoms with Gasteiger partial charge in [0.25, 0.3) is 5.91 Å². The molecular formula is C28H29FN2O. The van der Waals surface area contributed by atoms with E-state index in [1.165, 1.54) is 12.1 Å². The van der Waals surface area contributed by atoms with Gasteiger partial charge in [0, 0.05) is 30.5 Å². The number of rotatable bonds is 9. The lowest BCUT2D eigenvalue weighted by Gasteiger charge is -2.24. The maximum Gasteiger partial charge on any atom is 0.254 e. The van der Waals surface area contributed by atoms with Crippen LogP contribution < -0.4 is 0 Å². The molecule has 0 radical (unpaired) electrons. The van der Waals surface area contributed by atoms with Crippen LogP contribution in [0.1, 0.15) is 47.8 Å². The summed E-state index contributed by atoms with van der Waals surface area (Å²) < 4.78 is 15.4. The average molecular weight is 429 g/mol. The standard InChI is InChI=1S/C28H29FN2O/c1-2-3-6-18-31(28(32)27-13-7-10-23-9-4-5-12-26(23)27)21-25-11-8-19-30(25)20-22-14-16-24(29)17-15-22/h4-5,7-17,19H,2-3,6,18,20-21H2,1H3. The van der Waals surface area contributed by atoms with Crippen LogP contribution in [0.25, 0.3) is 10.8 Å². The molecule has 0 N–H and O–H groups in total. The molecule has 1 aromatic heterocycles. The molecule has 164 valence electrons. The summed E-state index contributed by atoms with van der Waals surface area (Å²) >= 11 is 0. The molecule has 0 unspecified atom stereocenters. The number of hydrogen-bond donors (Lipinski definition) is 0. The molecule has 4 aromatic rings. The minimum absolute atomic E-state index is 0.0624. The number of nitrogens with zero attached hydrogens (tertiary/aromatic N) is 2. The summed E-state index contributed by atoms with van der Waals surface area (Å²) in [4.78, 5) is 15.6. The molecular weight excluding hydrogens is 399 g/mol. The van der Waals surface area contributed by atoms with Gasteiger partial charge >= 0.3 is 0 Å². The second kappa shape index (κ2) is 10.3. The molecule has 0 spiro atoms. The van der Waals surface area contributed by atoms with E-state index in [1.807, 2.05) is 59.6 Å². The van der Waals surface area contributed by atoms with E-state index in [2.05, 4.69) is 17.6 Å². The minimum Gasteiger partial charge on any atom is -0.345 e. The van der Waals surface area contributed by atoms with Crippen molar-refractivity contribution in [3.05, 3.63) is 108 Å². The van der Waals surface area contributed by atoms with Crippen LogP contribution in [0.5, 0.6) is 0 Å². The molecule has 0 aliphatic carbocycles. The van der Waals surface area contributed by atoms with E-state index in [9.17, 15) is 9.18 Å². The van der Waals surface area contributed by atoms with Gasteiger partial charge in [-0.15, -0.1) is 0 Å². The molecule has 0 atom stereocenters. The summed E-state index contributed by atoms with van der Waals surface area (Å²) in [5.74, 6) is -0.170. The number of carbonyl (C=O) groups excluding carboxylic acids is 1. The SMILES string of the molecule is CCCCCN(Cc1cccn1Cc1ccc(F)cc1)C(=O)c1cccc2ccccc12. The van der Waals surface area contributed by atoms with Gasteiger partial charge in [0.05, 0.1) is 6.54 Å². The van der Waals surface area contributed by atoms with Crippen LogP contribution in [0.3, 0.4) is 0 Å². The third-order valence-corrected chi connectivity index (χ3v) is 5.88. The van der Waals surface area contributed by atoms with E-state index in [1.54, 1.807) is 12.1 Å². The monoisotopic (exact) mass is 428 g/mol. The Balaban J connectivity index is 1.59. The molecule has 32 heavy (non-hydrogen) atoms. The van der Waals surface area contributed by atoms with E-state index in [0.29, 0.717) is 13.1 Å². The van der Waals surface area contributed by atoms with Crippen molar-refractivity contribution in [2.45, 2.75) is 39.3 Å². The summed E-state index contributed by atoms with van der Waals surface area (Å²) in [5, 5.41) is 2.06. The first-order chi connectivity index (χ1) is 15.7. The maximum atomic E-state index is 13.7. The van der Waals surface area contributed by atoms with E-state index in [0.717, 1.165) is 53.4 Å². The highest BCUT2D eigenvalue weighted by atomic mass is 19.1. The highest BCUT2D eigenvalue weighted by molar-refractivity contribution is 6.07. The highest BCUT2D eigenvalue weighted by Gasteiger charge is 2.19. The number of carbonyl (C=O) groups is 1. The summed E-state index contributed by atoms with van der Waals surface area (Å²) in [6.45, 7) is 4.08. The van der Waals surface area contributed by atoms with E-state index >= 15 is 0 Å². The maximum absolute atomic E-state index is 13.7. The van der Waals surface area contributed by atoms with E-state index in [4.69, 9.17) is 0 Å². The Hall–Kier alpha value is -3.40. The summed E-state index contributed by atoms with van der Waals surface area (Å²) in [6, 6.07) is 24.6. The normalized spacial score (nSPS) is 11.1. The van der Waals surface area contributed by atoms with Crippen LogP contribution in [0.15, 0.2) is 85.1 Å². The molecule has 1 heterocycles. The van der Waals surface area contributed by atoms with Crippen LogP contribution in [-0.2, 0) is 13.1 Å². The summed E-state index contributed by atoms with van der Waals surface area (Å²) in [7, 11) is 0. The predicted octanol–water partition coefficient (Wildman–Crippen LogP) is 6.66. The number of halogens is 1. The molecule has 0 aliphatic heterocycles. The Kier molecular flexibility index (Phi) is 7.00. The van der Waals surface area contributed by atoms with Gasteiger partial charge in [-0.25, -0.2) is 4.39 Å². The number of amides is 1. The van der Waals surface area contributed by atoms with Crippen molar-refractivity contribution in [3.8, 4) is 0 Å². The largest absolute Gasteiger partial charge is 0.345 e. The van der Waals surface area contributed by atoms with Crippen molar-refractivity contribution in [2.75, 3.05) is 6.54 Å². The molecule has 0 bridgehead atoms. The number of unbranched alkanes of at least 4 members (excludes halogenated alkanes) is 2. The van der Waals surface area contributed by atoms with Crippen LogP contribution in [0.2, 0.25) is 0 Å². The Morgan fingerprint density at radius 2 is 1.69 bits per heavy atom. The Morgan fingerprint density at radius 3 is 2.50 bits per heavy atom. The van der Waals surface area contributed by atoms with E-state index < -0.39 is 0 Å². The molecule has 0 fully saturated rings. The first-order valence-corrected chi connectivity index (χ1v) is 11.3. The van der Waals surface area contributed by atoms with Gasteiger partial charge in [0.2, 0.25) is 0 Å². The summed E-state index contributed by atoms with van der Waals surface area (Å²) in [6.07, 6.45) is 5.20. The molecule has 0 aliphatic rings. The molecule has 0 saturated carbocycles.